The van der Waals surface area contributed by atoms with E-state index in [0.717, 1.165) is 11.4 Å². The molecule has 1 amide bonds. The van der Waals surface area contributed by atoms with Crippen LogP contribution < -0.4 is 4.90 Å². The number of carbonyl (C=O) groups excluding carboxylic acids is 1. The minimum absolute atomic E-state index is 0.00648. The Labute approximate surface area is 130 Å². The zero-order valence-corrected chi connectivity index (χ0v) is 13.3. The zero-order valence-electron chi connectivity index (χ0n) is 13.3. The molecule has 1 aliphatic heterocycles. The van der Waals surface area contributed by atoms with E-state index in [1.54, 1.807) is 6.07 Å². The van der Waals surface area contributed by atoms with E-state index in [2.05, 4.69) is 9.88 Å². The summed E-state index contributed by atoms with van der Waals surface area (Å²) in [6.07, 6.45) is 1.87. The first-order valence-corrected chi connectivity index (χ1v) is 7.52. The minimum atomic E-state index is -0.438. The maximum Gasteiger partial charge on any atom is 0.287 e. The Morgan fingerprint density at radius 2 is 2.00 bits per heavy atom. The largest absolute Gasteiger partial charge is 0.353 e. The van der Waals surface area contributed by atoms with Crippen molar-refractivity contribution < 1.29 is 9.72 Å². The predicted octanol–water partition coefficient (Wildman–Crippen LogP) is 1.99. The Kier molecular flexibility index (Phi) is 4.95. The highest BCUT2D eigenvalue weighted by atomic mass is 16.6. The maximum absolute atomic E-state index is 12.1. The smallest absolute Gasteiger partial charge is 0.287 e. The highest BCUT2D eigenvalue weighted by Gasteiger charge is 2.23. The molecule has 7 heteroatoms. The molecule has 1 fully saturated rings. The zero-order chi connectivity index (χ0) is 16.3. The van der Waals surface area contributed by atoms with Gasteiger partial charge in [0.25, 0.3) is 5.69 Å². The number of hydrogen-bond donors (Lipinski definition) is 0. The number of carbonyl (C=O) groups is 1. The van der Waals surface area contributed by atoms with Gasteiger partial charge in [-0.2, -0.15) is 0 Å². The molecule has 0 radical (unpaired) electrons. The molecule has 0 aliphatic carbocycles. The second-order valence-corrected chi connectivity index (χ2v) is 6.06. The van der Waals surface area contributed by atoms with Crippen LogP contribution in [0.25, 0.3) is 0 Å². The predicted molar refractivity (Wildman–Crippen MR) is 83.9 cm³/mol. The molecule has 22 heavy (non-hydrogen) atoms. The molecular formula is C15H22N4O3. The van der Waals surface area contributed by atoms with Gasteiger partial charge in [0.05, 0.1) is 4.92 Å². The van der Waals surface area contributed by atoms with E-state index in [-0.39, 0.29) is 11.6 Å². The summed E-state index contributed by atoms with van der Waals surface area (Å²) >= 11 is 0. The normalized spacial score (nSPS) is 15.3. The summed E-state index contributed by atoms with van der Waals surface area (Å²) in [5.41, 5.74) is 0.795. The van der Waals surface area contributed by atoms with Crippen LogP contribution in [0.3, 0.4) is 0 Å². The Hall–Kier alpha value is -2.18. The van der Waals surface area contributed by atoms with Gasteiger partial charge in [-0.05, 0) is 18.4 Å². The molecule has 0 aromatic carbocycles. The third-order valence-corrected chi connectivity index (χ3v) is 3.76. The number of rotatable bonds is 4. The number of pyridine rings is 1. The molecule has 0 bridgehead atoms. The standard InChI is InChI=1S/C15H22N4O3/c1-11(2)8-14(20)17-4-6-18(7-5-17)15-12(3)9-13(10-16-15)19(21)22/h9-11H,4-8H2,1-3H3. The van der Waals surface area contributed by atoms with Gasteiger partial charge in [-0.3, -0.25) is 14.9 Å². The number of aromatic nitrogens is 1. The average molecular weight is 306 g/mol. The van der Waals surface area contributed by atoms with Crippen LogP contribution in [-0.4, -0.2) is 46.9 Å². The number of nitrogens with zero attached hydrogens (tertiary/aromatic N) is 4. The lowest BCUT2D eigenvalue weighted by Gasteiger charge is -2.36. The lowest BCUT2D eigenvalue weighted by Crippen LogP contribution is -2.49. The van der Waals surface area contributed by atoms with Crippen molar-refractivity contribution in [3.8, 4) is 0 Å². The summed E-state index contributed by atoms with van der Waals surface area (Å²) in [7, 11) is 0. The molecule has 1 aromatic heterocycles. The van der Waals surface area contributed by atoms with Gasteiger partial charge in [0.2, 0.25) is 5.91 Å². The molecule has 0 unspecified atom stereocenters. The second-order valence-electron chi connectivity index (χ2n) is 6.06. The molecular weight excluding hydrogens is 284 g/mol. The first kappa shape index (κ1) is 16.2. The van der Waals surface area contributed by atoms with Crippen molar-refractivity contribution in [1.82, 2.24) is 9.88 Å². The van der Waals surface area contributed by atoms with Crippen molar-refractivity contribution in [3.05, 3.63) is 27.9 Å². The van der Waals surface area contributed by atoms with Crippen LogP contribution in [0.4, 0.5) is 11.5 Å². The van der Waals surface area contributed by atoms with Crippen LogP contribution in [0, 0.1) is 23.0 Å². The minimum Gasteiger partial charge on any atom is -0.353 e. The molecule has 0 spiro atoms. The second kappa shape index (κ2) is 6.72. The number of nitro groups is 1. The van der Waals surface area contributed by atoms with E-state index in [9.17, 15) is 14.9 Å². The van der Waals surface area contributed by atoms with Crippen molar-refractivity contribution >= 4 is 17.4 Å². The van der Waals surface area contributed by atoms with Crippen molar-refractivity contribution in [2.24, 2.45) is 5.92 Å². The summed E-state index contributed by atoms with van der Waals surface area (Å²) in [5.74, 6) is 1.33. The molecule has 120 valence electrons. The third kappa shape index (κ3) is 3.72. The van der Waals surface area contributed by atoms with Gasteiger partial charge in [-0.1, -0.05) is 13.8 Å². The lowest BCUT2D eigenvalue weighted by atomic mass is 10.1. The van der Waals surface area contributed by atoms with E-state index < -0.39 is 4.92 Å². The van der Waals surface area contributed by atoms with Crippen molar-refractivity contribution in [2.75, 3.05) is 31.1 Å². The summed E-state index contributed by atoms with van der Waals surface area (Å²) < 4.78 is 0. The fourth-order valence-corrected chi connectivity index (χ4v) is 2.63. The van der Waals surface area contributed by atoms with Gasteiger partial charge in [0.1, 0.15) is 12.0 Å². The van der Waals surface area contributed by atoms with Gasteiger partial charge in [-0.15, -0.1) is 0 Å². The molecule has 0 saturated carbocycles. The van der Waals surface area contributed by atoms with E-state index in [4.69, 9.17) is 0 Å². The van der Waals surface area contributed by atoms with Gasteiger partial charge in [0.15, 0.2) is 0 Å². The first-order chi connectivity index (χ1) is 10.4. The fourth-order valence-electron chi connectivity index (χ4n) is 2.63. The molecule has 0 atom stereocenters. The van der Waals surface area contributed by atoms with E-state index >= 15 is 0 Å². The fraction of sp³-hybridized carbons (Fsp3) is 0.600. The number of aryl methyl sites for hydroxylation is 1. The topological polar surface area (TPSA) is 79.6 Å². The van der Waals surface area contributed by atoms with Crippen LogP contribution in [0.5, 0.6) is 0 Å². The highest BCUT2D eigenvalue weighted by Crippen LogP contribution is 2.22. The molecule has 2 heterocycles. The van der Waals surface area contributed by atoms with Gasteiger partial charge in [0, 0.05) is 38.7 Å². The highest BCUT2D eigenvalue weighted by molar-refractivity contribution is 5.76. The number of amides is 1. The Bertz CT molecular complexity index is 566. The number of piperazine rings is 1. The summed E-state index contributed by atoms with van der Waals surface area (Å²) in [5, 5.41) is 10.8. The van der Waals surface area contributed by atoms with Gasteiger partial charge < -0.3 is 9.80 Å². The molecule has 1 aliphatic rings. The average Bonchev–Trinajstić information content (AvgIpc) is 2.46. The van der Waals surface area contributed by atoms with E-state index in [1.807, 2.05) is 25.7 Å². The Morgan fingerprint density at radius 1 is 1.36 bits per heavy atom. The number of anilines is 1. The number of hydrogen-bond acceptors (Lipinski definition) is 5. The molecule has 1 aromatic rings. The van der Waals surface area contributed by atoms with Crippen LogP contribution in [0.2, 0.25) is 0 Å². The SMILES string of the molecule is Cc1cc([N+](=O)[O-])cnc1N1CCN(C(=O)CC(C)C)CC1. The van der Waals surface area contributed by atoms with E-state index in [0.29, 0.717) is 38.5 Å². The summed E-state index contributed by atoms with van der Waals surface area (Å²) in [6, 6.07) is 1.54. The molecule has 1 saturated heterocycles. The van der Waals surface area contributed by atoms with Crippen LogP contribution in [0.1, 0.15) is 25.8 Å². The van der Waals surface area contributed by atoms with Crippen LogP contribution >= 0.6 is 0 Å². The third-order valence-electron chi connectivity index (χ3n) is 3.76. The maximum atomic E-state index is 12.1. The summed E-state index contributed by atoms with van der Waals surface area (Å²) in [4.78, 5) is 30.6. The Morgan fingerprint density at radius 3 is 2.50 bits per heavy atom. The van der Waals surface area contributed by atoms with Gasteiger partial charge >= 0.3 is 0 Å². The van der Waals surface area contributed by atoms with Crippen molar-refractivity contribution in [3.63, 3.8) is 0 Å². The summed E-state index contributed by atoms with van der Waals surface area (Å²) in [6.45, 7) is 8.65. The van der Waals surface area contributed by atoms with Crippen molar-refractivity contribution in [2.45, 2.75) is 27.2 Å². The quantitative estimate of drug-likeness (QED) is 0.628. The van der Waals surface area contributed by atoms with Gasteiger partial charge in [-0.25, -0.2) is 4.98 Å². The van der Waals surface area contributed by atoms with E-state index in [1.165, 1.54) is 6.20 Å². The van der Waals surface area contributed by atoms with Crippen LogP contribution in [-0.2, 0) is 4.79 Å². The monoisotopic (exact) mass is 306 g/mol. The van der Waals surface area contributed by atoms with Crippen LogP contribution in [0.15, 0.2) is 12.3 Å². The first-order valence-electron chi connectivity index (χ1n) is 7.52. The Balaban J connectivity index is 2.00. The lowest BCUT2D eigenvalue weighted by molar-refractivity contribution is -0.385. The molecule has 2 rings (SSSR count). The molecule has 7 nitrogen and oxygen atoms in total. The molecule has 0 N–H and O–H groups in total. The van der Waals surface area contributed by atoms with Crippen molar-refractivity contribution in [1.29, 1.82) is 0 Å².